The van der Waals surface area contributed by atoms with Crippen molar-refractivity contribution in [3.63, 3.8) is 0 Å². The van der Waals surface area contributed by atoms with E-state index >= 15 is 0 Å². The number of hydrogen-bond acceptors (Lipinski definition) is 8. The molecule has 0 bridgehead atoms. The molecule has 0 unspecified atom stereocenters. The molecule has 4 aromatic rings. The Morgan fingerprint density at radius 1 is 0.839 bits per heavy atom. The van der Waals surface area contributed by atoms with Crippen molar-refractivity contribution in [2.45, 2.75) is 24.6 Å². The van der Waals surface area contributed by atoms with E-state index in [1.54, 1.807) is 14.2 Å². The monoisotopic (exact) mass is 434 g/mol. The minimum absolute atomic E-state index is 0.493. The Balaban J connectivity index is 1.42. The third-order valence-electron chi connectivity index (χ3n) is 4.90. The highest BCUT2D eigenvalue weighted by Gasteiger charge is 2.13. The molecule has 0 saturated carbocycles. The molecule has 31 heavy (non-hydrogen) atoms. The van der Waals surface area contributed by atoms with Gasteiger partial charge in [0.15, 0.2) is 11.5 Å². The summed E-state index contributed by atoms with van der Waals surface area (Å²) >= 11 is 1.49. The largest absolute Gasteiger partial charge is 0.493 e. The minimum Gasteiger partial charge on any atom is -0.493 e. The van der Waals surface area contributed by atoms with Crippen LogP contribution in [-0.4, -0.2) is 34.6 Å². The second kappa shape index (κ2) is 9.18. The first-order valence-corrected chi connectivity index (χ1v) is 10.6. The van der Waals surface area contributed by atoms with Crippen LogP contribution in [0, 0.1) is 13.8 Å². The molecule has 0 atom stereocenters. The van der Waals surface area contributed by atoms with E-state index in [0.29, 0.717) is 29.0 Å². The average Bonchev–Trinajstić information content (AvgIpc) is 3.28. The van der Waals surface area contributed by atoms with Gasteiger partial charge in [-0.05, 0) is 61.4 Å². The summed E-state index contributed by atoms with van der Waals surface area (Å²) in [4.78, 5) is 4.47. The summed E-state index contributed by atoms with van der Waals surface area (Å²) in [5.74, 6) is 2.76. The van der Waals surface area contributed by atoms with Gasteiger partial charge >= 0.3 is 0 Å². The Kier molecular flexibility index (Phi) is 6.18. The Bertz CT molecular complexity index is 1190. The van der Waals surface area contributed by atoms with E-state index in [4.69, 9.17) is 14.0 Å². The first-order valence-electron chi connectivity index (χ1n) is 9.66. The molecule has 0 radical (unpaired) electrons. The van der Waals surface area contributed by atoms with Crippen molar-refractivity contribution in [3.8, 4) is 34.1 Å². The summed E-state index contributed by atoms with van der Waals surface area (Å²) < 4.78 is 16.0. The second-order valence-electron chi connectivity index (χ2n) is 6.93. The zero-order chi connectivity index (χ0) is 21.8. The maximum atomic E-state index is 5.39. The quantitative estimate of drug-likeness (QED) is 0.371. The number of methoxy groups -OCH3 is 2. The molecule has 0 spiro atoms. The lowest BCUT2D eigenvalue weighted by Gasteiger charge is -2.07. The molecule has 2 heterocycles. The Morgan fingerprint density at radius 3 is 2.35 bits per heavy atom. The van der Waals surface area contributed by atoms with Gasteiger partial charge in [-0.15, -0.1) is 10.2 Å². The number of ether oxygens (including phenoxy) is 2. The van der Waals surface area contributed by atoms with Crippen LogP contribution in [-0.2, 0) is 5.75 Å². The fourth-order valence-electron chi connectivity index (χ4n) is 2.99. The standard InChI is InChI=1S/C23H22N4O3S/c1-14-5-6-16(11-15(14)2)18-8-10-22(26-25-18)31-13-21-24-23(27-30-21)17-7-9-19(28-3)20(12-17)29-4/h5-12H,13H2,1-4H3. The summed E-state index contributed by atoms with van der Waals surface area (Å²) in [7, 11) is 3.19. The van der Waals surface area contributed by atoms with Crippen LogP contribution in [0.15, 0.2) is 58.1 Å². The molecule has 0 amide bonds. The van der Waals surface area contributed by atoms with E-state index in [-0.39, 0.29) is 0 Å². The fourth-order valence-corrected chi connectivity index (χ4v) is 3.64. The van der Waals surface area contributed by atoms with Crippen LogP contribution in [0.2, 0.25) is 0 Å². The topological polar surface area (TPSA) is 83.2 Å². The maximum absolute atomic E-state index is 5.39. The van der Waals surface area contributed by atoms with Gasteiger partial charge in [-0.25, -0.2) is 0 Å². The zero-order valence-corrected chi connectivity index (χ0v) is 18.6. The number of aromatic nitrogens is 4. The summed E-state index contributed by atoms with van der Waals surface area (Å²) in [6, 6.07) is 15.7. The van der Waals surface area contributed by atoms with Crippen molar-refractivity contribution in [1.29, 1.82) is 0 Å². The lowest BCUT2D eigenvalue weighted by Crippen LogP contribution is -1.92. The molecule has 0 saturated heterocycles. The van der Waals surface area contributed by atoms with Crippen molar-refractivity contribution in [3.05, 3.63) is 65.5 Å². The van der Waals surface area contributed by atoms with Crippen molar-refractivity contribution in [2.24, 2.45) is 0 Å². The number of rotatable bonds is 7. The Morgan fingerprint density at radius 2 is 1.65 bits per heavy atom. The molecule has 0 fully saturated rings. The first kappa shape index (κ1) is 20.9. The van der Waals surface area contributed by atoms with Crippen LogP contribution in [0.4, 0.5) is 0 Å². The van der Waals surface area contributed by atoms with Crippen LogP contribution in [0.1, 0.15) is 17.0 Å². The van der Waals surface area contributed by atoms with Crippen molar-refractivity contribution in [2.75, 3.05) is 14.2 Å². The number of thioether (sulfide) groups is 1. The fraction of sp³-hybridized carbons (Fsp3) is 0.217. The maximum Gasteiger partial charge on any atom is 0.237 e. The van der Waals surface area contributed by atoms with Gasteiger partial charge in [-0.3, -0.25) is 0 Å². The molecular formula is C23H22N4O3S. The highest BCUT2D eigenvalue weighted by Crippen LogP contribution is 2.31. The van der Waals surface area contributed by atoms with Crippen molar-refractivity contribution in [1.82, 2.24) is 20.3 Å². The van der Waals surface area contributed by atoms with Gasteiger partial charge in [0.25, 0.3) is 0 Å². The van der Waals surface area contributed by atoms with E-state index in [9.17, 15) is 0 Å². The van der Waals surface area contributed by atoms with Crippen LogP contribution in [0.5, 0.6) is 11.5 Å². The summed E-state index contributed by atoms with van der Waals surface area (Å²) in [5, 5.41) is 13.5. The smallest absolute Gasteiger partial charge is 0.237 e. The molecule has 4 rings (SSSR count). The molecule has 2 aromatic heterocycles. The third-order valence-corrected chi connectivity index (χ3v) is 5.80. The molecular weight excluding hydrogens is 412 g/mol. The second-order valence-corrected chi connectivity index (χ2v) is 7.92. The van der Waals surface area contributed by atoms with Crippen molar-refractivity contribution < 1.29 is 14.0 Å². The van der Waals surface area contributed by atoms with Gasteiger partial charge < -0.3 is 14.0 Å². The number of nitrogens with zero attached hydrogens (tertiary/aromatic N) is 4. The molecule has 8 heteroatoms. The molecule has 7 nitrogen and oxygen atoms in total. The predicted molar refractivity (Wildman–Crippen MR) is 119 cm³/mol. The van der Waals surface area contributed by atoms with Gasteiger partial charge in [0.1, 0.15) is 5.03 Å². The molecule has 158 valence electrons. The number of benzene rings is 2. The van der Waals surface area contributed by atoms with Crippen molar-refractivity contribution >= 4 is 11.8 Å². The van der Waals surface area contributed by atoms with E-state index in [1.165, 1.54) is 22.9 Å². The van der Waals surface area contributed by atoms with E-state index < -0.39 is 0 Å². The normalized spacial score (nSPS) is 10.8. The van der Waals surface area contributed by atoms with E-state index in [1.807, 2.05) is 30.3 Å². The van der Waals surface area contributed by atoms with Gasteiger partial charge in [0.2, 0.25) is 11.7 Å². The number of aryl methyl sites for hydroxylation is 2. The molecule has 2 aromatic carbocycles. The van der Waals surface area contributed by atoms with Gasteiger partial charge in [0.05, 0.1) is 25.7 Å². The van der Waals surface area contributed by atoms with Gasteiger partial charge in [-0.2, -0.15) is 4.98 Å². The Hall–Kier alpha value is -3.39. The summed E-state index contributed by atoms with van der Waals surface area (Å²) in [5.41, 5.74) is 5.19. The van der Waals surface area contributed by atoms with Crippen LogP contribution in [0.25, 0.3) is 22.6 Å². The van der Waals surface area contributed by atoms with Gasteiger partial charge in [0, 0.05) is 11.1 Å². The lowest BCUT2D eigenvalue weighted by molar-refractivity contribution is 0.355. The van der Waals surface area contributed by atoms with Crippen LogP contribution in [0.3, 0.4) is 0 Å². The van der Waals surface area contributed by atoms with E-state index in [2.05, 4.69) is 52.4 Å². The van der Waals surface area contributed by atoms with Crippen LogP contribution >= 0.6 is 11.8 Å². The molecule has 0 aliphatic heterocycles. The first-order chi connectivity index (χ1) is 15.1. The Labute approximate surface area is 184 Å². The third kappa shape index (κ3) is 4.69. The highest BCUT2D eigenvalue weighted by molar-refractivity contribution is 7.98. The highest BCUT2D eigenvalue weighted by atomic mass is 32.2. The van der Waals surface area contributed by atoms with E-state index in [0.717, 1.165) is 21.8 Å². The minimum atomic E-state index is 0.493. The lowest BCUT2D eigenvalue weighted by atomic mass is 10.0. The molecule has 0 aliphatic carbocycles. The summed E-state index contributed by atoms with van der Waals surface area (Å²) in [6.45, 7) is 4.19. The average molecular weight is 435 g/mol. The van der Waals surface area contributed by atoms with Gasteiger partial charge in [-0.1, -0.05) is 29.1 Å². The summed E-state index contributed by atoms with van der Waals surface area (Å²) in [6.07, 6.45) is 0. The zero-order valence-electron chi connectivity index (χ0n) is 17.7. The number of hydrogen-bond donors (Lipinski definition) is 0. The van der Waals surface area contributed by atoms with Crippen LogP contribution < -0.4 is 9.47 Å². The SMILES string of the molecule is COc1ccc(-c2noc(CSc3ccc(-c4ccc(C)c(C)c4)nn3)n2)cc1OC. The molecule has 0 aliphatic rings. The predicted octanol–water partition coefficient (Wildman–Crippen LogP) is 5.12. The molecule has 0 N–H and O–H groups in total.